The van der Waals surface area contributed by atoms with Crippen molar-refractivity contribution in [3.8, 4) is 0 Å². The van der Waals surface area contributed by atoms with Gasteiger partial charge in [0, 0.05) is 10.6 Å². The average Bonchev–Trinajstić information content (AvgIpc) is 3.18. The first-order valence-corrected chi connectivity index (χ1v) is 6.97. The number of ketones is 1. The Morgan fingerprint density at radius 1 is 1.45 bits per heavy atom. The van der Waals surface area contributed by atoms with Gasteiger partial charge in [-0.2, -0.15) is 0 Å². The summed E-state index contributed by atoms with van der Waals surface area (Å²) in [4.78, 5) is 24.2. The van der Waals surface area contributed by atoms with Crippen molar-refractivity contribution in [2.75, 3.05) is 6.61 Å². The highest BCUT2D eigenvalue weighted by molar-refractivity contribution is 6.32. The Kier molecular flexibility index (Phi) is 4.14. The quantitative estimate of drug-likeness (QED) is 0.619. The first-order valence-electron chi connectivity index (χ1n) is 6.59. The molecule has 1 saturated carbocycles. The van der Waals surface area contributed by atoms with Crippen LogP contribution in [0.1, 0.15) is 32.3 Å². The third-order valence-corrected chi connectivity index (χ3v) is 4.01. The van der Waals surface area contributed by atoms with Crippen LogP contribution in [0, 0.1) is 11.7 Å². The van der Waals surface area contributed by atoms with Gasteiger partial charge in [0.15, 0.2) is 5.78 Å². The van der Waals surface area contributed by atoms with Crippen molar-refractivity contribution in [1.82, 2.24) is 0 Å². The fraction of sp³-hybridized carbons (Fsp3) is 0.467. The number of hydrogen-bond acceptors (Lipinski definition) is 3. The molecule has 1 aromatic carbocycles. The third-order valence-electron chi connectivity index (χ3n) is 3.70. The number of carbonyl (C=O) groups excluding carboxylic acids is 2. The second kappa shape index (κ2) is 5.52. The molecule has 2 rings (SSSR count). The molecule has 0 amide bonds. The lowest BCUT2D eigenvalue weighted by Gasteiger charge is -2.20. The van der Waals surface area contributed by atoms with E-state index in [-0.39, 0.29) is 23.0 Å². The summed E-state index contributed by atoms with van der Waals surface area (Å²) < 4.78 is 18.9. The Hall–Kier alpha value is -1.42. The molecule has 0 aliphatic heterocycles. The van der Waals surface area contributed by atoms with Crippen LogP contribution < -0.4 is 0 Å². The SMILES string of the molecule is CCOC(=O)C(C)C(=O)C1(c2c(F)cccc2Cl)CC1. The number of rotatable bonds is 5. The topological polar surface area (TPSA) is 43.4 Å². The molecule has 108 valence electrons. The number of benzene rings is 1. The molecule has 3 nitrogen and oxygen atoms in total. The lowest BCUT2D eigenvalue weighted by Crippen LogP contribution is -2.33. The van der Waals surface area contributed by atoms with Crippen molar-refractivity contribution in [2.45, 2.75) is 32.1 Å². The van der Waals surface area contributed by atoms with Gasteiger partial charge in [0.05, 0.1) is 12.0 Å². The van der Waals surface area contributed by atoms with Crippen molar-refractivity contribution in [3.05, 3.63) is 34.6 Å². The Morgan fingerprint density at radius 3 is 2.60 bits per heavy atom. The highest BCUT2D eigenvalue weighted by Gasteiger charge is 2.55. The van der Waals surface area contributed by atoms with Crippen LogP contribution in [0.15, 0.2) is 18.2 Å². The van der Waals surface area contributed by atoms with Crippen molar-refractivity contribution >= 4 is 23.4 Å². The van der Waals surface area contributed by atoms with Gasteiger partial charge in [-0.15, -0.1) is 0 Å². The molecule has 0 bridgehead atoms. The maximum absolute atomic E-state index is 14.0. The van der Waals surface area contributed by atoms with Gasteiger partial charge < -0.3 is 4.74 Å². The number of carbonyl (C=O) groups is 2. The van der Waals surface area contributed by atoms with Crippen LogP contribution in [0.4, 0.5) is 4.39 Å². The summed E-state index contributed by atoms with van der Waals surface area (Å²) in [7, 11) is 0. The molecule has 1 unspecified atom stereocenters. The summed E-state index contributed by atoms with van der Waals surface area (Å²) in [5.41, 5.74) is -0.753. The van der Waals surface area contributed by atoms with Gasteiger partial charge in [-0.05, 0) is 38.8 Å². The van der Waals surface area contributed by atoms with Gasteiger partial charge in [0.1, 0.15) is 11.7 Å². The summed E-state index contributed by atoms with van der Waals surface area (Å²) in [6.45, 7) is 3.38. The first kappa shape index (κ1) is 15.0. The Morgan fingerprint density at radius 2 is 2.10 bits per heavy atom. The van der Waals surface area contributed by atoms with Crippen LogP contribution in [-0.2, 0) is 19.7 Å². The molecule has 1 aliphatic carbocycles. The van der Waals surface area contributed by atoms with Gasteiger partial charge in [-0.3, -0.25) is 9.59 Å². The molecule has 0 spiro atoms. The van der Waals surface area contributed by atoms with E-state index >= 15 is 0 Å². The van der Waals surface area contributed by atoms with E-state index in [1.54, 1.807) is 13.0 Å². The zero-order valence-corrected chi connectivity index (χ0v) is 12.2. The number of ether oxygens (including phenoxy) is 1. The predicted octanol–water partition coefficient (Wildman–Crippen LogP) is 3.28. The van der Waals surface area contributed by atoms with Crippen LogP contribution in [-0.4, -0.2) is 18.4 Å². The van der Waals surface area contributed by atoms with E-state index in [0.29, 0.717) is 12.8 Å². The lowest BCUT2D eigenvalue weighted by atomic mass is 9.84. The maximum atomic E-state index is 14.0. The predicted molar refractivity (Wildman–Crippen MR) is 73.1 cm³/mol. The van der Waals surface area contributed by atoms with Gasteiger partial charge >= 0.3 is 5.97 Å². The average molecular weight is 299 g/mol. The minimum atomic E-state index is -0.964. The number of hydrogen-bond donors (Lipinski definition) is 0. The fourth-order valence-corrected chi connectivity index (χ4v) is 2.83. The molecule has 20 heavy (non-hydrogen) atoms. The molecule has 5 heteroatoms. The summed E-state index contributed by atoms with van der Waals surface area (Å²) in [6.07, 6.45) is 1.02. The largest absolute Gasteiger partial charge is 0.465 e. The third kappa shape index (κ3) is 2.44. The Balaban J connectivity index is 2.32. The number of esters is 1. The molecular formula is C15H16ClFO3. The van der Waals surface area contributed by atoms with E-state index in [4.69, 9.17) is 16.3 Å². The monoisotopic (exact) mass is 298 g/mol. The van der Waals surface area contributed by atoms with Crippen LogP contribution in [0.5, 0.6) is 0 Å². The molecule has 1 atom stereocenters. The van der Waals surface area contributed by atoms with E-state index in [1.807, 2.05) is 0 Å². The van der Waals surface area contributed by atoms with Crippen molar-refractivity contribution < 1.29 is 18.7 Å². The summed E-state index contributed by atoms with van der Waals surface area (Å²) in [5, 5.41) is 0.229. The molecular weight excluding hydrogens is 283 g/mol. The molecule has 1 fully saturated rings. The maximum Gasteiger partial charge on any atom is 0.316 e. The van der Waals surface area contributed by atoms with E-state index in [9.17, 15) is 14.0 Å². The first-order chi connectivity index (χ1) is 9.44. The number of halogens is 2. The van der Waals surface area contributed by atoms with Crippen molar-refractivity contribution in [1.29, 1.82) is 0 Å². The van der Waals surface area contributed by atoms with E-state index < -0.39 is 23.1 Å². The molecule has 0 saturated heterocycles. The zero-order valence-electron chi connectivity index (χ0n) is 11.4. The number of Topliss-reactive ketones (excluding diaryl/α,β-unsaturated/α-hetero) is 1. The minimum absolute atomic E-state index is 0.211. The molecule has 0 heterocycles. The lowest BCUT2D eigenvalue weighted by molar-refractivity contribution is -0.151. The molecule has 1 aliphatic rings. The summed E-state index contributed by atoms with van der Waals surface area (Å²) >= 11 is 6.04. The Labute approximate surface area is 122 Å². The smallest absolute Gasteiger partial charge is 0.316 e. The van der Waals surface area contributed by atoms with E-state index in [0.717, 1.165) is 0 Å². The van der Waals surface area contributed by atoms with Crippen molar-refractivity contribution in [3.63, 3.8) is 0 Å². The molecule has 0 radical (unpaired) electrons. The molecule has 1 aromatic rings. The highest BCUT2D eigenvalue weighted by atomic mass is 35.5. The van der Waals surface area contributed by atoms with Gasteiger partial charge in [0.2, 0.25) is 0 Å². The normalized spacial score (nSPS) is 17.4. The standard InChI is InChI=1S/C15H16ClFO3/c1-3-20-14(19)9(2)13(18)15(7-8-15)12-10(16)5-4-6-11(12)17/h4-6,9H,3,7-8H2,1-2H3. The summed E-state index contributed by atoms with van der Waals surface area (Å²) in [5.74, 6) is -2.30. The Bertz CT molecular complexity index is 532. The van der Waals surface area contributed by atoms with Gasteiger partial charge in [0.25, 0.3) is 0 Å². The minimum Gasteiger partial charge on any atom is -0.465 e. The fourth-order valence-electron chi connectivity index (χ4n) is 2.49. The van der Waals surface area contributed by atoms with E-state index in [1.165, 1.54) is 19.1 Å². The second-order valence-electron chi connectivity index (χ2n) is 5.02. The van der Waals surface area contributed by atoms with Crippen LogP contribution in [0.2, 0.25) is 5.02 Å². The van der Waals surface area contributed by atoms with E-state index in [2.05, 4.69) is 0 Å². The molecule has 0 N–H and O–H groups in total. The van der Waals surface area contributed by atoms with Gasteiger partial charge in [-0.1, -0.05) is 17.7 Å². The highest BCUT2D eigenvalue weighted by Crippen LogP contribution is 2.53. The van der Waals surface area contributed by atoms with Crippen LogP contribution in [0.3, 0.4) is 0 Å². The second-order valence-corrected chi connectivity index (χ2v) is 5.42. The summed E-state index contributed by atoms with van der Waals surface area (Å²) in [6, 6.07) is 4.34. The van der Waals surface area contributed by atoms with Crippen LogP contribution >= 0.6 is 11.6 Å². The van der Waals surface area contributed by atoms with Crippen molar-refractivity contribution in [2.24, 2.45) is 5.92 Å². The van der Waals surface area contributed by atoms with Crippen LogP contribution in [0.25, 0.3) is 0 Å². The van der Waals surface area contributed by atoms with Gasteiger partial charge in [-0.25, -0.2) is 4.39 Å². The molecule has 0 aromatic heterocycles. The zero-order chi connectivity index (χ0) is 14.9.